The van der Waals surface area contributed by atoms with E-state index in [1.54, 1.807) is 0 Å². The first-order valence-corrected chi connectivity index (χ1v) is 7.51. The number of ether oxygens (including phenoxy) is 1. The summed E-state index contributed by atoms with van der Waals surface area (Å²) < 4.78 is 35.7. The van der Waals surface area contributed by atoms with Gasteiger partial charge in [0, 0.05) is 20.2 Å². The first kappa shape index (κ1) is 20.2. The smallest absolute Gasteiger partial charge is 0.410 e. The summed E-state index contributed by atoms with van der Waals surface area (Å²) in [7, 11) is 5.94. The molecule has 1 amide bonds. The van der Waals surface area contributed by atoms with Crippen molar-refractivity contribution in [3.63, 3.8) is 0 Å². The summed E-state index contributed by atoms with van der Waals surface area (Å²) in [6.45, 7) is 0. The fourth-order valence-electron chi connectivity index (χ4n) is 0.934. The number of carbonyl (C=O) groups excluding carboxylic acids is 1. The van der Waals surface area contributed by atoms with Gasteiger partial charge in [-0.3, -0.25) is 0 Å². The number of amides is 1. The number of benzene rings is 1. The third-order valence-corrected chi connectivity index (χ3v) is 2.58. The fourth-order valence-corrected chi connectivity index (χ4v) is 1.34. The lowest BCUT2D eigenvalue weighted by Gasteiger charge is -2.11. The summed E-state index contributed by atoms with van der Waals surface area (Å²) in [6.07, 6.45) is -0.582. The van der Waals surface area contributed by atoms with E-state index in [4.69, 9.17) is 4.74 Å². The molecule has 0 saturated heterocycles. The van der Waals surface area contributed by atoms with Crippen molar-refractivity contribution >= 4 is 16.5 Å². The van der Waals surface area contributed by atoms with E-state index in [0.29, 0.717) is 0 Å². The zero-order valence-corrected chi connectivity index (χ0v) is 14.4. The van der Waals surface area contributed by atoms with Crippen molar-refractivity contribution in [3.8, 4) is 11.5 Å². The van der Waals surface area contributed by atoms with E-state index in [2.05, 4.69) is 8.37 Å². The molecule has 22 heavy (non-hydrogen) atoms. The van der Waals surface area contributed by atoms with Gasteiger partial charge in [0.2, 0.25) is 0 Å². The zero-order valence-electron chi connectivity index (χ0n) is 13.6. The largest absolute Gasteiger partial charge is 0.448 e. The summed E-state index contributed by atoms with van der Waals surface area (Å²) in [5, 5.41) is 0. The second-order valence-corrected chi connectivity index (χ2v) is 6.05. The van der Waals surface area contributed by atoms with E-state index < -0.39 is 16.5 Å². The molecule has 1 aromatic carbocycles. The Morgan fingerprint density at radius 3 is 2.00 bits per heavy atom. The van der Waals surface area contributed by atoms with Crippen LogP contribution in [0, 0.1) is 0 Å². The average molecular weight is 334 g/mol. The summed E-state index contributed by atoms with van der Waals surface area (Å²) >= 11 is 0. The summed E-state index contributed by atoms with van der Waals surface area (Å²) in [6, 6.07) is 5.63. The van der Waals surface area contributed by atoms with E-state index >= 15 is 0 Å². The predicted molar refractivity (Wildman–Crippen MR) is 82.3 cm³/mol. The first-order chi connectivity index (χ1) is 10.1. The standard InChI is InChI=1S/C10H13NO6S.C3H9N/c1-11(2)10(12)16-8-5-4-6-9(7-8)17-18(13,14)15-3;1-4(2)3/h4-7H,1-3H3;1-3H3. The number of hydrogen-bond acceptors (Lipinski definition) is 7. The SMILES string of the molecule is CN(C)C.COS(=O)(=O)Oc1cccc(OC(=O)N(C)C)c1. The molecule has 0 aliphatic carbocycles. The lowest BCUT2D eigenvalue weighted by atomic mass is 10.3. The minimum atomic E-state index is -4.09. The van der Waals surface area contributed by atoms with Crippen LogP contribution in [-0.2, 0) is 14.6 Å². The van der Waals surface area contributed by atoms with Crippen LogP contribution in [0.25, 0.3) is 0 Å². The number of carbonyl (C=O) groups is 1. The molecule has 0 spiro atoms. The van der Waals surface area contributed by atoms with Crippen molar-refractivity contribution in [3.05, 3.63) is 24.3 Å². The topological polar surface area (TPSA) is 85.4 Å². The van der Waals surface area contributed by atoms with Crippen molar-refractivity contribution in [2.24, 2.45) is 0 Å². The molecule has 0 unspecified atom stereocenters. The molecular weight excluding hydrogens is 312 g/mol. The molecule has 0 heterocycles. The molecule has 8 nitrogen and oxygen atoms in total. The maximum Gasteiger partial charge on any atom is 0.448 e. The van der Waals surface area contributed by atoms with Crippen molar-refractivity contribution in [1.82, 2.24) is 9.80 Å². The van der Waals surface area contributed by atoms with Gasteiger partial charge in [0.05, 0.1) is 7.11 Å². The lowest BCUT2D eigenvalue weighted by Crippen LogP contribution is -2.25. The molecular formula is C13H22N2O6S. The molecule has 1 rings (SSSR count). The van der Waals surface area contributed by atoms with E-state index in [-0.39, 0.29) is 11.5 Å². The molecule has 0 aliphatic rings. The highest BCUT2D eigenvalue weighted by molar-refractivity contribution is 7.82. The predicted octanol–water partition coefficient (Wildman–Crippen LogP) is 1.19. The van der Waals surface area contributed by atoms with Gasteiger partial charge in [0.15, 0.2) is 0 Å². The van der Waals surface area contributed by atoms with Gasteiger partial charge in [-0.2, -0.15) is 8.42 Å². The Balaban J connectivity index is 0.000000980. The Labute approximate surface area is 131 Å². The number of hydrogen-bond donors (Lipinski definition) is 0. The van der Waals surface area contributed by atoms with Gasteiger partial charge in [-0.05, 0) is 33.3 Å². The van der Waals surface area contributed by atoms with Crippen molar-refractivity contribution in [1.29, 1.82) is 0 Å². The van der Waals surface area contributed by atoms with E-state index in [9.17, 15) is 13.2 Å². The van der Waals surface area contributed by atoms with E-state index in [1.165, 1.54) is 43.3 Å². The van der Waals surface area contributed by atoms with Gasteiger partial charge in [-0.1, -0.05) is 6.07 Å². The maximum absolute atomic E-state index is 11.3. The van der Waals surface area contributed by atoms with Crippen LogP contribution >= 0.6 is 0 Å². The van der Waals surface area contributed by atoms with E-state index in [0.717, 1.165) is 7.11 Å². The molecule has 0 aliphatic heterocycles. The Morgan fingerprint density at radius 1 is 1.05 bits per heavy atom. The summed E-state index contributed by atoms with van der Waals surface area (Å²) in [5.74, 6) is 0.151. The molecule has 126 valence electrons. The van der Waals surface area contributed by atoms with Crippen LogP contribution in [0.2, 0.25) is 0 Å². The molecule has 0 saturated carbocycles. The third-order valence-electron chi connectivity index (χ3n) is 1.78. The Kier molecular flexibility index (Phi) is 8.46. The molecule has 0 fully saturated rings. The fraction of sp³-hybridized carbons (Fsp3) is 0.462. The first-order valence-electron chi connectivity index (χ1n) is 6.17. The normalized spacial score (nSPS) is 10.5. The van der Waals surface area contributed by atoms with Gasteiger partial charge in [-0.25, -0.2) is 8.98 Å². The Morgan fingerprint density at radius 2 is 1.55 bits per heavy atom. The van der Waals surface area contributed by atoms with Crippen LogP contribution in [0.3, 0.4) is 0 Å². The van der Waals surface area contributed by atoms with Crippen molar-refractivity contribution in [2.75, 3.05) is 42.3 Å². The highest BCUT2D eigenvalue weighted by Gasteiger charge is 2.12. The highest BCUT2D eigenvalue weighted by atomic mass is 32.3. The van der Waals surface area contributed by atoms with Crippen LogP contribution in [0.5, 0.6) is 11.5 Å². The molecule has 9 heteroatoms. The highest BCUT2D eigenvalue weighted by Crippen LogP contribution is 2.21. The Hall–Kier alpha value is -1.84. The van der Waals surface area contributed by atoms with Crippen molar-refractivity contribution in [2.45, 2.75) is 0 Å². The monoisotopic (exact) mass is 334 g/mol. The van der Waals surface area contributed by atoms with Gasteiger partial charge in [0.1, 0.15) is 11.5 Å². The molecule has 0 bridgehead atoms. The number of nitrogens with zero attached hydrogens (tertiary/aromatic N) is 2. The number of rotatable bonds is 4. The quantitative estimate of drug-likeness (QED) is 0.817. The van der Waals surface area contributed by atoms with Crippen LogP contribution in [0.1, 0.15) is 0 Å². The van der Waals surface area contributed by atoms with Crippen LogP contribution in [-0.4, -0.2) is 66.7 Å². The molecule has 1 aromatic rings. The third kappa shape index (κ3) is 9.16. The average Bonchev–Trinajstić information content (AvgIpc) is 2.37. The molecule has 0 N–H and O–H groups in total. The van der Waals surface area contributed by atoms with Crippen molar-refractivity contribution < 1.29 is 26.3 Å². The second-order valence-electron chi connectivity index (χ2n) is 4.74. The minimum Gasteiger partial charge on any atom is -0.410 e. The zero-order chi connectivity index (χ0) is 17.3. The van der Waals surface area contributed by atoms with Crippen LogP contribution < -0.4 is 8.92 Å². The summed E-state index contributed by atoms with van der Waals surface area (Å²) in [4.78, 5) is 14.5. The van der Waals surface area contributed by atoms with Gasteiger partial charge < -0.3 is 18.7 Å². The van der Waals surface area contributed by atoms with Crippen LogP contribution in [0.15, 0.2) is 24.3 Å². The lowest BCUT2D eigenvalue weighted by molar-refractivity contribution is 0.172. The Bertz CT molecular complexity index is 569. The van der Waals surface area contributed by atoms with Crippen LogP contribution in [0.4, 0.5) is 4.79 Å². The van der Waals surface area contributed by atoms with Gasteiger partial charge in [0.25, 0.3) is 0 Å². The molecule has 0 radical (unpaired) electrons. The van der Waals surface area contributed by atoms with E-state index in [1.807, 2.05) is 26.0 Å². The molecule has 0 atom stereocenters. The van der Waals surface area contributed by atoms with Gasteiger partial charge in [-0.15, -0.1) is 0 Å². The summed E-state index contributed by atoms with van der Waals surface area (Å²) in [5.41, 5.74) is 0. The minimum absolute atomic E-state index is 0.0130. The second kappa shape index (κ2) is 9.23. The van der Waals surface area contributed by atoms with Gasteiger partial charge >= 0.3 is 16.5 Å². The molecule has 0 aromatic heterocycles. The maximum atomic E-state index is 11.3.